The lowest BCUT2D eigenvalue weighted by atomic mass is 9.93. The van der Waals surface area contributed by atoms with Crippen LogP contribution in [0.2, 0.25) is 0 Å². The molecular weight excluding hydrogens is 495 g/mol. The molecule has 0 bridgehead atoms. The molecule has 0 unspecified atom stereocenters. The van der Waals surface area contributed by atoms with Crippen LogP contribution in [0.1, 0.15) is 41.1 Å². The van der Waals surface area contributed by atoms with Crippen molar-refractivity contribution in [3.8, 4) is 0 Å². The number of aromatic nitrogens is 4. The summed E-state index contributed by atoms with van der Waals surface area (Å²) in [7, 11) is 0. The molecule has 11 heteroatoms. The van der Waals surface area contributed by atoms with Gasteiger partial charge in [0.1, 0.15) is 5.82 Å². The molecule has 0 radical (unpaired) electrons. The molecule has 0 aliphatic carbocycles. The molecule has 8 nitrogen and oxygen atoms in total. The van der Waals surface area contributed by atoms with Crippen molar-refractivity contribution in [3.63, 3.8) is 0 Å². The molecule has 2 amide bonds. The molecule has 1 aliphatic heterocycles. The maximum Gasteiger partial charge on any atom is 0.418 e. The Kier molecular flexibility index (Phi) is 6.99. The topological polar surface area (TPSA) is 87.5 Å². The van der Waals surface area contributed by atoms with Crippen molar-refractivity contribution in [1.29, 1.82) is 0 Å². The van der Waals surface area contributed by atoms with E-state index in [1.54, 1.807) is 29.2 Å². The molecule has 0 saturated carbocycles. The monoisotopic (exact) mass is 521 g/mol. The minimum Gasteiger partial charge on any atom is -0.366 e. The van der Waals surface area contributed by atoms with Crippen LogP contribution in [0, 0.1) is 0 Å². The van der Waals surface area contributed by atoms with E-state index in [0.717, 1.165) is 28.7 Å². The maximum atomic E-state index is 13.3. The Morgan fingerprint density at radius 2 is 1.92 bits per heavy atom. The first-order valence-electron chi connectivity index (χ1n) is 12.2. The minimum absolute atomic E-state index is 0.0676. The van der Waals surface area contributed by atoms with Gasteiger partial charge in [-0.05, 0) is 36.6 Å². The van der Waals surface area contributed by atoms with Crippen LogP contribution in [0.5, 0.6) is 0 Å². The number of amides is 2. The number of urea groups is 1. The van der Waals surface area contributed by atoms with Gasteiger partial charge in [0.25, 0.3) is 0 Å². The normalized spacial score (nSPS) is 14.4. The van der Waals surface area contributed by atoms with Crippen LogP contribution >= 0.6 is 0 Å². The van der Waals surface area contributed by atoms with Crippen molar-refractivity contribution in [2.75, 3.05) is 23.7 Å². The van der Waals surface area contributed by atoms with Gasteiger partial charge in [-0.2, -0.15) is 22.8 Å². The van der Waals surface area contributed by atoms with E-state index in [9.17, 15) is 18.0 Å². The van der Waals surface area contributed by atoms with Gasteiger partial charge in [-0.1, -0.05) is 30.9 Å². The number of carbonyl (C=O) groups excluding carboxylic acids is 1. The molecule has 1 saturated heterocycles. The number of para-hydroxylation sites is 1. The number of hydrogen-bond acceptors (Lipinski definition) is 5. The Morgan fingerprint density at radius 3 is 2.63 bits per heavy atom. The van der Waals surface area contributed by atoms with Crippen molar-refractivity contribution in [3.05, 3.63) is 90.0 Å². The number of fused-ring (bicyclic) bond motifs is 1. The number of carbonyl (C=O) groups is 1. The smallest absolute Gasteiger partial charge is 0.366 e. The van der Waals surface area contributed by atoms with Crippen LogP contribution < -0.4 is 10.6 Å². The first kappa shape index (κ1) is 25.2. The van der Waals surface area contributed by atoms with Crippen molar-refractivity contribution < 1.29 is 18.0 Å². The SMILES string of the molecule is C=Cc1cnn2c(NCc3cccnc3)cc(C3CCN(C(=O)Nc4ccccc4C(F)(F)F)CC3)nc12. The highest BCUT2D eigenvalue weighted by molar-refractivity contribution is 5.90. The summed E-state index contributed by atoms with van der Waals surface area (Å²) in [6, 6.07) is 10.2. The third-order valence-electron chi connectivity index (χ3n) is 6.61. The van der Waals surface area contributed by atoms with E-state index >= 15 is 0 Å². The van der Waals surface area contributed by atoms with Crippen LogP contribution in [-0.4, -0.2) is 43.6 Å². The second-order valence-electron chi connectivity index (χ2n) is 9.06. The highest BCUT2D eigenvalue weighted by Gasteiger charge is 2.34. The molecule has 1 aliphatic rings. The maximum absolute atomic E-state index is 13.3. The molecule has 196 valence electrons. The molecule has 4 aromatic rings. The summed E-state index contributed by atoms with van der Waals surface area (Å²) in [4.78, 5) is 23.3. The highest BCUT2D eigenvalue weighted by Crippen LogP contribution is 2.35. The molecule has 3 aromatic heterocycles. The van der Waals surface area contributed by atoms with Crippen LogP contribution in [0.4, 0.5) is 29.5 Å². The van der Waals surface area contributed by atoms with Gasteiger partial charge < -0.3 is 15.5 Å². The second kappa shape index (κ2) is 10.5. The summed E-state index contributed by atoms with van der Waals surface area (Å²) in [6.45, 7) is 5.19. The third kappa shape index (κ3) is 5.31. The number of piperidine rings is 1. The Labute approximate surface area is 217 Å². The molecule has 0 atom stereocenters. The summed E-state index contributed by atoms with van der Waals surface area (Å²) in [6.07, 6.45) is 3.61. The summed E-state index contributed by atoms with van der Waals surface area (Å²) in [5.41, 5.74) is 2.23. The number of nitrogens with zero attached hydrogens (tertiary/aromatic N) is 5. The van der Waals surface area contributed by atoms with Crippen molar-refractivity contribution in [2.24, 2.45) is 0 Å². The largest absolute Gasteiger partial charge is 0.418 e. The molecule has 1 aromatic carbocycles. The van der Waals surface area contributed by atoms with Crippen molar-refractivity contribution in [1.82, 2.24) is 24.5 Å². The van der Waals surface area contributed by atoms with Gasteiger partial charge in [0.05, 0.1) is 17.4 Å². The number of alkyl halides is 3. The fraction of sp³-hybridized carbons (Fsp3) is 0.259. The number of benzene rings is 1. The zero-order chi connectivity index (χ0) is 26.7. The number of halogens is 3. The fourth-order valence-electron chi connectivity index (χ4n) is 4.58. The van der Waals surface area contributed by atoms with Crippen molar-refractivity contribution in [2.45, 2.75) is 31.5 Å². The molecule has 0 spiro atoms. The Balaban J connectivity index is 1.31. The molecule has 38 heavy (non-hydrogen) atoms. The lowest BCUT2D eigenvalue weighted by molar-refractivity contribution is -0.136. The van der Waals surface area contributed by atoms with E-state index in [1.807, 2.05) is 18.2 Å². The summed E-state index contributed by atoms with van der Waals surface area (Å²) in [5.74, 6) is 0.837. The number of nitrogens with one attached hydrogen (secondary N) is 2. The zero-order valence-electron chi connectivity index (χ0n) is 20.4. The van der Waals surface area contributed by atoms with E-state index < -0.39 is 17.8 Å². The van der Waals surface area contributed by atoms with E-state index in [0.29, 0.717) is 38.1 Å². The quantitative estimate of drug-likeness (QED) is 0.334. The van der Waals surface area contributed by atoms with Crippen LogP contribution in [0.15, 0.2) is 67.6 Å². The molecule has 4 heterocycles. The number of likely N-dealkylation sites (tertiary alicyclic amines) is 1. The molecule has 2 N–H and O–H groups in total. The average molecular weight is 522 g/mol. The van der Waals surface area contributed by atoms with Gasteiger partial charge >= 0.3 is 12.2 Å². The van der Waals surface area contributed by atoms with Crippen molar-refractivity contribution >= 4 is 29.3 Å². The summed E-state index contributed by atoms with van der Waals surface area (Å²) >= 11 is 0. The highest BCUT2D eigenvalue weighted by atomic mass is 19.4. The summed E-state index contributed by atoms with van der Waals surface area (Å²) < 4.78 is 41.7. The predicted octanol–water partition coefficient (Wildman–Crippen LogP) is 5.81. The molecule has 5 rings (SSSR count). The fourth-order valence-corrected chi connectivity index (χ4v) is 4.58. The van der Waals surface area contributed by atoms with Gasteiger partial charge in [0.15, 0.2) is 5.65 Å². The summed E-state index contributed by atoms with van der Waals surface area (Å²) in [5, 5.41) is 10.3. The zero-order valence-corrected chi connectivity index (χ0v) is 20.4. The Morgan fingerprint density at radius 1 is 1.13 bits per heavy atom. The third-order valence-corrected chi connectivity index (χ3v) is 6.61. The molecule has 1 fully saturated rings. The van der Waals surface area contributed by atoms with Crippen LogP contribution in [0.3, 0.4) is 0 Å². The number of hydrogen-bond donors (Lipinski definition) is 2. The average Bonchev–Trinajstić information content (AvgIpc) is 3.35. The second-order valence-corrected chi connectivity index (χ2v) is 9.06. The minimum atomic E-state index is -4.55. The Hall–Kier alpha value is -4.41. The number of rotatable bonds is 6. The van der Waals surface area contributed by atoms with Gasteiger partial charge in [-0.3, -0.25) is 4.98 Å². The number of pyridine rings is 1. The van der Waals surface area contributed by atoms with Gasteiger partial charge in [-0.15, -0.1) is 0 Å². The van der Waals surface area contributed by atoms with E-state index in [4.69, 9.17) is 4.98 Å². The first-order valence-corrected chi connectivity index (χ1v) is 12.2. The standard InChI is InChI=1S/C27H26F3N7O/c1-2-19-17-33-37-24(32-16-18-6-5-11-31-15-18)14-23(34-25(19)37)20-9-12-36(13-10-20)26(38)35-22-8-4-3-7-21(22)27(28,29)30/h2-8,11,14-15,17,20,32H,1,9-10,12-13,16H2,(H,35,38). The van der Waals surface area contributed by atoms with Crippen LogP contribution in [-0.2, 0) is 12.7 Å². The predicted molar refractivity (Wildman–Crippen MR) is 139 cm³/mol. The molecular formula is C27H26F3N7O. The van der Waals surface area contributed by atoms with E-state index in [1.165, 1.54) is 23.1 Å². The van der Waals surface area contributed by atoms with E-state index in [-0.39, 0.29) is 11.6 Å². The van der Waals surface area contributed by atoms with E-state index in [2.05, 4.69) is 27.3 Å². The number of anilines is 2. The van der Waals surface area contributed by atoms with Gasteiger partial charge in [0, 0.05) is 55.3 Å². The Bertz CT molecular complexity index is 1440. The lowest BCUT2D eigenvalue weighted by Crippen LogP contribution is -2.41. The van der Waals surface area contributed by atoms with Crippen LogP contribution in [0.25, 0.3) is 11.7 Å². The first-order chi connectivity index (χ1) is 18.3. The van der Waals surface area contributed by atoms with Gasteiger partial charge in [-0.25, -0.2) is 9.78 Å². The van der Waals surface area contributed by atoms with Gasteiger partial charge in [0.2, 0.25) is 0 Å². The lowest BCUT2D eigenvalue weighted by Gasteiger charge is -2.32.